The molecule has 0 saturated carbocycles. The Morgan fingerprint density at radius 2 is 2.31 bits per heavy atom. The lowest BCUT2D eigenvalue weighted by atomic mass is 10.2. The third kappa shape index (κ3) is 2.58. The van der Waals surface area contributed by atoms with Crippen LogP contribution in [-0.2, 0) is 13.2 Å². The van der Waals surface area contributed by atoms with Crippen molar-refractivity contribution in [2.24, 2.45) is 5.73 Å². The average molecular weight is 219 g/mol. The second-order valence-corrected chi connectivity index (χ2v) is 3.38. The molecule has 84 valence electrons. The van der Waals surface area contributed by atoms with Gasteiger partial charge in [-0.25, -0.2) is 0 Å². The van der Waals surface area contributed by atoms with Crippen LogP contribution in [0.3, 0.4) is 0 Å². The Morgan fingerprint density at radius 3 is 3.00 bits per heavy atom. The Balaban J connectivity index is 1.99. The minimum Gasteiger partial charge on any atom is -0.484 e. The van der Waals surface area contributed by atoms with Gasteiger partial charge >= 0.3 is 0 Å². The van der Waals surface area contributed by atoms with Crippen molar-refractivity contribution >= 4 is 0 Å². The lowest BCUT2D eigenvalue weighted by molar-refractivity contribution is 0.242. The quantitative estimate of drug-likeness (QED) is 0.841. The predicted molar refractivity (Wildman–Crippen MR) is 57.7 cm³/mol. The third-order valence-electron chi connectivity index (χ3n) is 2.07. The highest BCUT2D eigenvalue weighted by molar-refractivity contribution is 5.28. The summed E-state index contributed by atoms with van der Waals surface area (Å²) in [6, 6.07) is 7.60. The maximum atomic E-state index is 5.53. The number of hydrogen-bond donors (Lipinski definition) is 1. The maximum absolute atomic E-state index is 5.53. The normalized spacial score (nSPS) is 10.4. The van der Waals surface area contributed by atoms with Gasteiger partial charge < -0.3 is 15.0 Å². The minimum absolute atomic E-state index is 0.273. The van der Waals surface area contributed by atoms with Crippen LogP contribution in [0.2, 0.25) is 0 Å². The zero-order valence-corrected chi connectivity index (χ0v) is 9.01. The van der Waals surface area contributed by atoms with Crippen LogP contribution in [0.15, 0.2) is 28.8 Å². The molecule has 0 unspecified atom stereocenters. The van der Waals surface area contributed by atoms with Gasteiger partial charge in [-0.2, -0.15) is 4.98 Å². The molecule has 0 bridgehead atoms. The Bertz CT molecular complexity index is 468. The van der Waals surface area contributed by atoms with E-state index >= 15 is 0 Å². The van der Waals surface area contributed by atoms with Crippen LogP contribution in [0.4, 0.5) is 0 Å². The Kier molecular flexibility index (Phi) is 3.16. The molecule has 1 aromatic heterocycles. The lowest BCUT2D eigenvalue weighted by Crippen LogP contribution is -1.99. The Labute approximate surface area is 93.2 Å². The SMILES string of the molecule is Cc1noc(COc2cccc(CN)c2)n1. The van der Waals surface area contributed by atoms with E-state index in [1.54, 1.807) is 6.92 Å². The molecule has 0 aliphatic rings. The van der Waals surface area contributed by atoms with Gasteiger partial charge in [-0.1, -0.05) is 17.3 Å². The summed E-state index contributed by atoms with van der Waals surface area (Å²) in [5.41, 5.74) is 6.56. The van der Waals surface area contributed by atoms with Gasteiger partial charge in [0, 0.05) is 6.54 Å². The summed E-state index contributed by atoms with van der Waals surface area (Å²) in [4.78, 5) is 4.04. The van der Waals surface area contributed by atoms with Crippen LogP contribution < -0.4 is 10.5 Å². The number of aryl methyl sites for hydroxylation is 1. The fraction of sp³-hybridized carbons (Fsp3) is 0.273. The Morgan fingerprint density at radius 1 is 1.44 bits per heavy atom. The Hall–Kier alpha value is -1.88. The highest BCUT2D eigenvalue weighted by Gasteiger charge is 2.03. The van der Waals surface area contributed by atoms with E-state index < -0.39 is 0 Å². The van der Waals surface area contributed by atoms with Crippen LogP contribution in [0.5, 0.6) is 5.75 Å². The van der Waals surface area contributed by atoms with Gasteiger partial charge in [-0.3, -0.25) is 0 Å². The first kappa shape index (κ1) is 10.6. The lowest BCUT2D eigenvalue weighted by Gasteiger charge is -2.04. The molecule has 1 aromatic carbocycles. The van der Waals surface area contributed by atoms with Crippen LogP contribution >= 0.6 is 0 Å². The zero-order valence-electron chi connectivity index (χ0n) is 9.01. The van der Waals surface area contributed by atoms with Gasteiger partial charge in [0.1, 0.15) is 5.75 Å². The van der Waals surface area contributed by atoms with Crippen molar-refractivity contribution in [3.63, 3.8) is 0 Å². The smallest absolute Gasteiger partial charge is 0.264 e. The molecule has 0 radical (unpaired) electrons. The summed E-state index contributed by atoms with van der Waals surface area (Å²) in [5, 5.41) is 3.68. The fourth-order valence-corrected chi connectivity index (χ4v) is 1.31. The van der Waals surface area contributed by atoms with Crippen molar-refractivity contribution in [1.29, 1.82) is 0 Å². The molecule has 0 atom stereocenters. The topological polar surface area (TPSA) is 74.2 Å². The molecule has 2 N–H and O–H groups in total. The van der Waals surface area contributed by atoms with E-state index in [1.807, 2.05) is 24.3 Å². The molecular formula is C11H13N3O2. The fourth-order valence-electron chi connectivity index (χ4n) is 1.31. The number of rotatable bonds is 4. The van der Waals surface area contributed by atoms with E-state index in [4.69, 9.17) is 15.0 Å². The number of nitrogens with zero attached hydrogens (tertiary/aromatic N) is 2. The molecule has 0 aliphatic carbocycles. The van der Waals surface area contributed by atoms with Crippen molar-refractivity contribution in [2.75, 3.05) is 0 Å². The summed E-state index contributed by atoms with van der Waals surface area (Å²) in [5.74, 6) is 1.82. The summed E-state index contributed by atoms with van der Waals surface area (Å²) in [7, 11) is 0. The van der Waals surface area contributed by atoms with Crippen molar-refractivity contribution in [1.82, 2.24) is 10.1 Å². The highest BCUT2D eigenvalue weighted by Crippen LogP contribution is 2.14. The molecule has 0 aliphatic heterocycles. The van der Waals surface area contributed by atoms with Crippen molar-refractivity contribution in [3.05, 3.63) is 41.5 Å². The molecule has 0 saturated heterocycles. The van der Waals surface area contributed by atoms with Crippen LogP contribution in [-0.4, -0.2) is 10.1 Å². The zero-order chi connectivity index (χ0) is 11.4. The third-order valence-corrected chi connectivity index (χ3v) is 2.07. The van der Waals surface area contributed by atoms with E-state index in [0.717, 1.165) is 11.3 Å². The first-order chi connectivity index (χ1) is 7.78. The number of ether oxygens (including phenoxy) is 1. The first-order valence-corrected chi connectivity index (χ1v) is 4.99. The van der Waals surface area contributed by atoms with Gasteiger partial charge in [0.05, 0.1) is 0 Å². The highest BCUT2D eigenvalue weighted by atomic mass is 16.5. The number of nitrogens with two attached hydrogens (primary N) is 1. The molecule has 2 rings (SSSR count). The molecule has 5 nitrogen and oxygen atoms in total. The second kappa shape index (κ2) is 4.76. The van der Waals surface area contributed by atoms with Crippen molar-refractivity contribution < 1.29 is 9.26 Å². The number of aromatic nitrogens is 2. The number of hydrogen-bond acceptors (Lipinski definition) is 5. The van der Waals surface area contributed by atoms with E-state index in [9.17, 15) is 0 Å². The van der Waals surface area contributed by atoms with E-state index in [1.165, 1.54) is 0 Å². The van der Waals surface area contributed by atoms with Gasteiger partial charge in [0.25, 0.3) is 5.89 Å². The van der Waals surface area contributed by atoms with Gasteiger partial charge in [-0.15, -0.1) is 0 Å². The van der Waals surface area contributed by atoms with E-state index in [0.29, 0.717) is 18.3 Å². The standard InChI is InChI=1S/C11H13N3O2/c1-8-13-11(16-14-8)7-15-10-4-2-3-9(5-10)6-12/h2-5H,6-7,12H2,1H3. The largest absolute Gasteiger partial charge is 0.484 e. The molecule has 0 spiro atoms. The minimum atomic E-state index is 0.273. The molecule has 16 heavy (non-hydrogen) atoms. The van der Waals surface area contributed by atoms with Crippen LogP contribution in [0, 0.1) is 6.92 Å². The maximum Gasteiger partial charge on any atom is 0.264 e. The summed E-state index contributed by atoms with van der Waals surface area (Å²) < 4.78 is 10.4. The van der Waals surface area contributed by atoms with Crippen LogP contribution in [0.25, 0.3) is 0 Å². The number of benzene rings is 1. The van der Waals surface area contributed by atoms with Gasteiger partial charge in [0.2, 0.25) is 0 Å². The van der Waals surface area contributed by atoms with Gasteiger partial charge in [0.15, 0.2) is 12.4 Å². The summed E-state index contributed by atoms with van der Waals surface area (Å²) in [6.07, 6.45) is 0. The predicted octanol–water partition coefficient (Wildman–Crippen LogP) is 1.42. The van der Waals surface area contributed by atoms with E-state index in [2.05, 4.69) is 10.1 Å². The molecule has 0 fully saturated rings. The van der Waals surface area contributed by atoms with Crippen molar-refractivity contribution in [3.8, 4) is 5.75 Å². The summed E-state index contributed by atoms with van der Waals surface area (Å²) >= 11 is 0. The monoisotopic (exact) mass is 219 g/mol. The van der Waals surface area contributed by atoms with Crippen molar-refractivity contribution in [2.45, 2.75) is 20.1 Å². The average Bonchev–Trinajstić information content (AvgIpc) is 2.73. The molecule has 1 heterocycles. The first-order valence-electron chi connectivity index (χ1n) is 4.99. The van der Waals surface area contributed by atoms with Gasteiger partial charge in [-0.05, 0) is 24.6 Å². The molecule has 2 aromatic rings. The second-order valence-electron chi connectivity index (χ2n) is 3.38. The molecular weight excluding hydrogens is 206 g/mol. The summed E-state index contributed by atoms with van der Waals surface area (Å²) in [6.45, 7) is 2.54. The molecule has 5 heteroatoms. The molecule has 0 amide bonds. The van der Waals surface area contributed by atoms with E-state index in [-0.39, 0.29) is 6.61 Å². The van der Waals surface area contributed by atoms with Crippen LogP contribution in [0.1, 0.15) is 17.3 Å².